The summed E-state index contributed by atoms with van der Waals surface area (Å²) in [5.41, 5.74) is 0.429. The molecule has 0 aromatic heterocycles. The Bertz CT molecular complexity index is 676. The van der Waals surface area contributed by atoms with E-state index >= 15 is 0 Å². The normalized spacial score (nSPS) is 11.8. The number of carbonyl (C=O) groups excluding carboxylic acids is 1. The van der Waals surface area contributed by atoms with E-state index in [2.05, 4.69) is 5.32 Å². The van der Waals surface area contributed by atoms with Crippen molar-refractivity contribution in [2.45, 2.75) is 25.8 Å². The molecule has 0 aliphatic carbocycles. The van der Waals surface area contributed by atoms with Gasteiger partial charge in [-0.1, -0.05) is 31.2 Å². The van der Waals surface area contributed by atoms with Gasteiger partial charge in [0.25, 0.3) is 5.91 Å². The zero-order chi connectivity index (χ0) is 14.5. The van der Waals surface area contributed by atoms with Crippen LogP contribution in [0, 0.1) is 17.1 Å². The molecular formula is C16H15FN2O. The van der Waals surface area contributed by atoms with Gasteiger partial charge in [-0.15, -0.1) is 0 Å². The summed E-state index contributed by atoms with van der Waals surface area (Å²) in [5.74, 6) is -0.621. The van der Waals surface area contributed by atoms with E-state index in [0.29, 0.717) is 22.8 Å². The first-order valence-electron chi connectivity index (χ1n) is 6.52. The molecule has 0 aliphatic rings. The molecule has 0 saturated heterocycles. The highest BCUT2D eigenvalue weighted by Gasteiger charge is 2.15. The summed E-state index contributed by atoms with van der Waals surface area (Å²) in [5, 5.41) is 12.5. The predicted molar refractivity (Wildman–Crippen MR) is 75.7 cm³/mol. The van der Waals surface area contributed by atoms with E-state index < -0.39 is 0 Å². The summed E-state index contributed by atoms with van der Waals surface area (Å²) in [7, 11) is 0. The maximum atomic E-state index is 13.7. The van der Waals surface area contributed by atoms with Gasteiger partial charge >= 0.3 is 0 Å². The molecule has 102 valence electrons. The highest BCUT2D eigenvalue weighted by Crippen LogP contribution is 2.22. The molecule has 1 amide bonds. The molecular weight excluding hydrogens is 255 g/mol. The fourth-order valence-corrected chi connectivity index (χ4v) is 2.13. The Hall–Kier alpha value is -2.41. The van der Waals surface area contributed by atoms with Crippen molar-refractivity contribution in [3.05, 3.63) is 47.8 Å². The van der Waals surface area contributed by atoms with Crippen LogP contribution in [0.3, 0.4) is 0 Å². The number of nitriles is 1. The summed E-state index contributed by atoms with van der Waals surface area (Å²) >= 11 is 0. The van der Waals surface area contributed by atoms with Gasteiger partial charge < -0.3 is 5.32 Å². The SMILES string of the molecule is CCC(CC#N)NC(=O)c1ccc(F)c2ccccc12. The monoisotopic (exact) mass is 270 g/mol. The maximum absolute atomic E-state index is 13.7. The van der Waals surface area contributed by atoms with Crippen molar-refractivity contribution < 1.29 is 9.18 Å². The van der Waals surface area contributed by atoms with Crippen molar-refractivity contribution in [3.63, 3.8) is 0 Å². The molecule has 0 radical (unpaired) electrons. The average molecular weight is 270 g/mol. The summed E-state index contributed by atoms with van der Waals surface area (Å²) in [6.07, 6.45) is 0.944. The van der Waals surface area contributed by atoms with Crippen LogP contribution in [0.25, 0.3) is 10.8 Å². The Morgan fingerprint density at radius 1 is 1.30 bits per heavy atom. The first-order chi connectivity index (χ1) is 9.67. The Morgan fingerprint density at radius 3 is 2.65 bits per heavy atom. The predicted octanol–water partition coefficient (Wildman–Crippen LogP) is 3.40. The number of hydrogen-bond donors (Lipinski definition) is 1. The third-order valence-electron chi connectivity index (χ3n) is 3.28. The molecule has 0 saturated carbocycles. The van der Waals surface area contributed by atoms with E-state index in [-0.39, 0.29) is 24.2 Å². The van der Waals surface area contributed by atoms with E-state index in [1.165, 1.54) is 12.1 Å². The molecule has 20 heavy (non-hydrogen) atoms. The molecule has 1 unspecified atom stereocenters. The highest BCUT2D eigenvalue weighted by atomic mass is 19.1. The molecule has 4 heteroatoms. The summed E-state index contributed by atoms with van der Waals surface area (Å²) < 4.78 is 13.7. The minimum Gasteiger partial charge on any atom is -0.348 e. The molecule has 2 aromatic rings. The van der Waals surface area contributed by atoms with Gasteiger partial charge in [-0.05, 0) is 23.9 Å². The maximum Gasteiger partial charge on any atom is 0.252 e. The molecule has 3 nitrogen and oxygen atoms in total. The molecule has 1 atom stereocenters. The Labute approximate surface area is 117 Å². The smallest absolute Gasteiger partial charge is 0.252 e. The van der Waals surface area contributed by atoms with Crippen LogP contribution in [-0.2, 0) is 0 Å². The third-order valence-corrected chi connectivity index (χ3v) is 3.28. The van der Waals surface area contributed by atoms with E-state index in [1.807, 2.05) is 13.0 Å². The summed E-state index contributed by atoms with van der Waals surface area (Å²) in [4.78, 5) is 12.3. The quantitative estimate of drug-likeness (QED) is 0.925. The van der Waals surface area contributed by atoms with Gasteiger partial charge in [0, 0.05) is 17.0 Å². The van der Waals surface area contributed by atoms with Gasteiger partial charge in [0.05, 0.1) is 12.5 Å². The van der Waals surface area contributed by atoms with Crippen LogP contribution in [0.2, 0.25) is 0 Å². The lowest BCUT2D eigenvalue weighted by Gasteiger charge is -2.14. The number of carbonyl (C=O) groups is 1. The van der Waals surface area contributed by atoms with Gasteiger partial charge in [0.1, 0.15) is 5.82 Å². The number of benzene rings is 2. The first kappa shape index (κ1) is 14.0. The number of amides is 1. The topological polar surface area (TPSA) is 52.9 Å². The molecule has 0 aliphatic heterocycles. The van der Waals surface area contributed by atoms with Crippen LogP contribution >= 0.6 is 0 Å². The molecule has 0 fully saturated rings. The Kier molecular flexibility index (Phi) is 4.31. The van der Waals surface area contributed by atoms with Gasteiger partial charge in [0.15, 0.2) is 0 Å². The molecule has 1 N–H and O–H groups in total. The number of nitrogens with zero attached hydrogens (tertiary/aromatic N) is 1. The van der Waals surface area contributed by atoms with Gasteiger partial charge in [-0.2, -0.15) is 5.26 Å². The first-order valence-corrected chi connectivity index (χ1v) is 6.52. The molecule has 2 rings (SSSR count). The number of hydrogen-bond acceptors (Lipinski definition) is 2. The van der Waals surface area contributed by atoms with Crippen molar-refractivity contribution in [3.8, 4) is 6.07 Å². The van der Waals surface area contributed by atoms with Crippen molar-refractivity contribution in [2.75, 3.05) is 0 Å². The number of nitrogens with one attached hydrogen (secondary N) is 1. The van der Waals surface area contributed by atoms with Crippen molar-refractivity contribution in [1.29, 1.82) is 5.26 Å². The number of fused-ring (bicyclic) bond motifs is 1. The Morgan fingerprint density at radius 2 is 2.00 bits per heavy atom. The molecule has 0 bridgehead atoms. The van der Waals surface area contributed by atoms with Gasteiger partial charge in [0.2, 0.25) is 0 Å². The minimum atomic E-state index is -0.346. The molecule has 2 aromatic carbocycles. The van der Waals surface area contributed by atoms with E-state index in [1.54, 1.807) is 24.3 Å². The van der Waals surface area contributed by atoms with Gasteiger partial charge in [-0.3, -0.25) is 4.79 Å². The summed E-state index contributed by atoms with van der Waals surface area (Å²) in [6, 6.07) is 11.5. The lowest BCUT2D eigenvalue weighted by atomic mass is 10.0. The fraction of sp³-hybridized carbons (Fsp3) is 0.250. The van der Waals surface area contributed by atoms with Crippen LogP contribution in [-0.4, -0.2) is 11.9 Å². The average Bonchev–Trinajstić information content (AvgIpc) is 2.47. The standard InChI is InChI=1S/C16H15FN2O/c1-2-11(9-10-18)19-16(20)14-7-8-15(17)13-6-4-3-5-12(13)14/h3-8,11H,2,9H2,1H3,(H,19,20). The van der Waals surface area contributed by atoms with Gasteiger partial charge in [-0.25, -0.2) is 4.39 Å². The summed E-state index contributed by atoms with van der Waals surface area (Å²) in [6.45, 7) is 1.91. The minimum absolute atomic E-state index is 0.184. The zero-order valence-corrected chi connectivity index (χ0v) is 11.2. The van der Waals surface area contributed by atoms with Crippen molar-refractivity contribution in [1.82, 2.24) is 5.32 Å². The van der Waals surface area contributed by atoms with Crippen molar-refractivity contribution in [2.24, 2.45) is 0 Å². The third kappa shape index (κ3) is 2.77. The highest BCUT2D eigenvalue weighted by molar-refractivity contribution is 6.07. The number of halogens is 1. The lowest BCUT2D eigenvalue weighted by molar-refractivity contribution is 0.0938. The van der Waals surface area contributed by atoms with E-state index in [4.69, 9.17) is 5.26 Å². The zero-order valence-electron chi connectivity index (χ0n) is 11.2. The second-order valence-corrected chi connectivity index (χ2v) is 4.58. The molecule has 0 spiro atoms. The second-order valence-electron chi connectivity index (χ2n) is 4.58. The van der Waals surface area contributed by atoms with E-state index in [0.717, 1.165) is 0 Å². The van der Waals surface area contributed by atoms with Crippen LogP contribution < -0.4 is 5.32 Å². The van der Waals surface area contributed by atoms with Crippen LogP contribution in [0.1, 0.15) is 30.1 Å². The largest absolute Gasteiger partial charge is 0.348 e. The second kappa shape index (κ2) is 6.16. The van der Waals surface area contributed by atoms with Crippen LogP contribution in [0.5, 0.6) is 0 Å². The lowest BCUT2D eigenvalue weighted by Crippen LogP contribution is -2.34. The molecule has 0 heterocycles. The van der Waals surface area contributed by atoms with Crippen molar-refractivity contribution >= 4 is 16.7 Å². The van der Waals surface area contributed by atoms with Crippen LogP contribution in [0.15, 0.2) is 36.4 Å². The van der Waals surface area contributed by atoms with E-state index in [9.17, 15) is 9.18 Å². The fourth-order valence-electron chi connectivity index (χ4n) is 2.13. The number of rotatable bonds is 4. The Balaban J connectivity index is 2.36. The van der Waals surface area contributed by atoms with Crippen LogP contribution in [0.4, 0.5) is 4.39 Å².